The van der Waals surface area contributed by atoms with Crippen LogP contribution in [0.4, 0.5) is 22.2 Å². The summed E-state index contributed by atoms with van der Waals surface area (Å²) in [5.41, 5.74) is 2.60. The Morgan fingerprint density at radius 3 is 2.37 bits per heavy atom. The zero-order valence-electron chi connectivity index (χ0n) is 31.4. The van der Waals surface area contributed by atoms with Crippen LogP contribution >= 0.6 is 0 Å². The van der Waals surface area contributed by atoms with Gasteiger partial charge in [0.25, 0.3) is 0 Å². The number of aliphatic hydroxyl groups is 2. The molecule has 21 nitrogen and oxygen atoms in total. The number of nitrogens with one attached hydrogen (secondary N) is 3. The highest BCUT2D eigenvalue weighted by Gasteiger charge is 2.47. The van der Waals surface area contributed by atoms with Crippen molar-refractivity contribution in [1.82, 2.24) is 45.0 Å². The van der Waals surface area contributed by atoms with Gasteiger partial charge in [-0.3, -0.25) is 4.57 Å². The number of fused-ring (bicyclic) bond motifs is 1. The monoisotopic (exact) mass is 827 g/mol. The van der Waals surface area contributed by atoms with Gasteiger partial charge in [0.2, 0.25) is 21.8 Å². The third-order valence-electron chi connectivity index (χ3n) is 10.2. The van der Waals surface area contributed by atoms with Crippen molar-refractivity contribution < 1.29 is 38.4 Å². The number of aliphatic hydroxyl groups excluding tert-OH is 2. The number of hydrogen-bond donors (Lipinski definition) is 8. The molecule has 0 saturated carbocycles. The number of amides is 2. The van der Waals surface area contributed by atoms with Gasteiger partial charge in [-0.2, -0.15) is 14.8 Å². The highest BCUT2D eigenvalue weighted by molar-refractivity contribution is 7.89. The van der Waals surface area contributed by atoms with Crippen molar-refractivity contribution in [2.75, 3.05) is 35.2 Å². The number of benzene rings is 3. The van der Waals surface area contributed by atoms with Gasteiger partial charge in [-0.15, -0.1) is 10.2 Å². The van der Waals surface area contributed by atoms with E-state index in [1.165, 1.54) is 33.9 Å². The molecule has 59 heavy (non-hydrogen) atoms. The predicted molar refractivity (Wildman–Crippen MR) is 211 cm³/mol. The molecule has 0 spiro atoms. The van der Waals surface area contributed by atoms with Crippen LogP contribution in [0.15, 0.2) is 84.0 Å². The van der Waals surface area contributed by atoms with Gasteiger partial charge in [0, 0.05) is 37.3 Å². The molecule has 4 unspecified atom stereocenters. The number of sulfonamides is 1. The number of phenolic OH excluding ortho intramolecular Hbond substituents is 2. The SMILES string of the molecule is CCn1nnc(C2OC(n3cnc4c(NCC(c5ccc(O)cc5)c5ccc(O)cc5)nc(N5CC[C@@H](NC(=O)Nc6cccc(S(N)(=O)=O)c6)C5)nc43)C(O)C2O)n1. The summed E-state index contributed by atoms with van der Waals surface area (Å²) >= 11 is 0. The highest BCUT2D eigenvalue weighted by atomic mass is 32.2. The Morgan fingerprint density at radius 2 is 1.71 bits per heavy atom. The largest absolute Gasteiger partial charge is 0.508 e. The van der Waals surface area contributed by atoms with Crippen molar-refractivity contribution >= 4 is 44.7 Å². The lowest BCUT2D eigenvalue weighted by atomic mass is 9.91. The molecule has 2 fully saturated rings. The molecule has 22 heteroatoms. The Kier molecular flexibility index (Phi) is 10.7. The number of primary sulfonamides is 1. The third kappa shape index (κ3) is 8.29. The minimum absolute atomic E-state index is 0.106. The second kappa shape index (κ2) is 16.1. The number of aryl methyl sites for hydroxylation is 1. The molecule has 8 rings (SSSR count). The Bertz CT molecular complexity index is 2530. The Labute approximate surface area is 336 Å². The number of aromatic nitrogens is 8. The van der Waals surface area contributed by atoms with Crippen LogP contribution in [0.25, 0.3) is 11.2 Å². The maximum absolute atomic E-state index is 13.0. The summed E-state index contributed by atoms with van der Waals surface area (Å²) < 4.78 is 31.3. The number of hydrogen-bond acceptors (Lipinski definition) is 16. The van der Waals surface area contributed by atoms with E-state index in [1.807, 2.05) is 36.1 Å². The average Bonchev–Trinajstić information content (AvgIpc) is 4.03. The summed E-state index contributed by atoms with van der Waals surface area (Å²) in [6, 6.07) is 18.3. The molecule has 2 aliphatic heterocycles. The Hall–Kier alpha value is -6.46. The van der Waals surface area contributed by atoms with Crippen LogP contribution in [0.3, 0.4) is 0 Å². The van der Waals surface area contributed by atoms with Gasteiger partial charge in [-0.05, 0) is 72.1 Å². The first-order valence-corrected chi connectivity index (χ1v) is 20.2. The molecule has 3 aromatic carbocycles. The second-order valence-corrected chi connectivity index (χ2v) is 15.7. The number of tetrazole rings is 1. The van der Waals surface area contributed by atoms with Crippen molar-refractivity contribution in [2.45, 2.75) is 61.3 Å². The first-order valence-electron chi connectivity index (χ1n) is 18.7. The summed E-state index contributed by atoms with van der Waals surface area (Å²) in [6.45, 7) is 3.30. The molecule has 2 amide bonds. The number of carbonyl (C=O) groups excluding carboxylic acids is 1. The number of urea groups is 1. The number of nitrogens with two attached hydrogens (primary N) is 1. The minimum atomic E-state index is -3.97. The second-order valence-electron chi connectivity index (χ2n) is 14.2. The van der Waals surface area contributed by atoms with E-state index in [0.29, 0.717) is 37.4 Å². The van der Waals surface area contributed by atoms with Gasteiger partial charge in [-0.25, -0.2) is 23.3 Å². The predicted octanol–water partition coefficient (Wildman–Crippen LogP) is 1.53. The van der Waals surface area contributed by atoms with E-state index in [2.05, 4.69) is 36.3 Å². The minimum Gasteiger partial charge on any atom is -0.508 e. The fourth-order valence-electron chi connectivity index (χ4n) is 7.17. The van der Waals surface area contributed by atoms with Crippen LogP contribution < -0.4 is 26.0 Å². The molecule has 0 aliphatic carbocycles. The third-order valence-corrected chi connectivity index (χ3v) is 11.1. The zero-order valence-corrected chi connectivity index (χ0v) is 32.3. The number of carbonyl (C=O) groups is 1. The number of phenols is 2. The number of aromatic hydroxyl groups is 2. The topological polar surface area (TPSA) is 294 Å². The molecule has 3 aromatic heterocycles. The van der Waals surface area contributed by atoms with Crippen LogP contribution in [-0.2, 0) is 21.3 Å². The molecule has 5 heterocycles. The fourth-order valence-corrected chi connectivity index (χ4v) is 7.72. The number of nitrogens with zero attached hydrogens (tertiary/aromatic N) is 9. The Morgan fingerprint density at radius 1 is 1.00 bits per heavy atom. The van der Waals surface area contributed by atoms with Crippen LogP contribution in [0, 0.1) is 0 Å². The van der Waals surface area contributed by atoms with E-state index in [4.69, 9.17) is 19.8 Å². The molecular weight excluding hydrogens is 787 g/mol. The lowest BCUT2D eigenvalue weighted by Gasteiger charge is -2.22. The molecule has 5 atom stereocenters. The number of imidazole rings is 1. The summed E-state index contributed by atoms with van der Waals surface area (Å²) in [5, 5.41) is 68.9. The van der Waals surface area contributed by atoms with E-state index in [-0.39, 0.29) is 58.0 Å². The fraction of sp³-hybridized carbons (Fsp3) is 0.324. The number of rotatable bonds is 12. The quantitative estimate of drug-likeness (QED) is 0.0868. The standard InChI is InChI=1S/C37H41N13O8S/c1-2-50-46-33(45-47-50)31-29(53)30(54)35(58-31)49-19-40-28-32(39-17-27(20-6-10-24(51)11-7-20)21-8-12-25(52)13-9-21)43-36(44-34(28)49)48-15-14-23(18-48)42-37(55)41-22-4-3-5-26(16-22)59(38,56)57/h3-13,16,19,23,27,29-31,35,51-54H,2,14-15,17-18H2,1H3,(H2,38,56,57)(H,39,43,44)(H2,41,42,55)/t23-,29?,30?,31?,35?/m1/s1. The lowest BCUT2D eigenvalue weighted by molar-refractivity contribution is -0.0384. The highest BCUT2D eigenvalue weighted by Crippen LogP contribution is 2.39. The van der Waals surface area contributed by atoms with Gasteiger partial charge in [0.1, 0.15) is 23.7 Å². The Balaban J connectivity index is 1.09. The van der Waals surface area contributed by atoms with E-state index < -0.39 is 40.6 Å². The van der Waals surface area contributed by atoms with E-state index in [9.17, 15) is 33.6 Å². The normalized spacial score (nSPS) is 20.7. The van der Waals surface area contributed by atoms with Crippen molar-refractivity contribution in [3.05, 3.63) is 96.1 Å². The molecule has 2 aliphatic rings. The molecule has 2 saturated heterocycles. The number of ether oxygens (including phenoxy) is 1. The molecule has 308 valence electrons. The summed E-state index contributed by atoms with van der Waals surface area (Å²) in [6.07, 6.45) is -3.13. The maximum Gasteiger partial charge on any atom is 0.319 e. The van der Waals surface area contributed by atoms with Crippen LogP contribution in [0.1, 0.15) is 48.5 Å². The molecule has 0 radical (unpaired) electrons. The summed E-state index contributed by atoms with van der Waals surface area (Å²) in [5.74, 6) is 0.661. The van der Waals surface area contributed by atoms with E-state index >= 15 is 0 Å². The molecule has 0 bridgehead atoms. The first-order chi connectivity index (χ1) is 28.3. The van der Waals surface area contributed by atoms with E-state index in [0.717, 1.165) is 11.1 Å². The first kappa shape index (κ1) is 39.4. The molecule has 9 N–H and O–H groups in total. The number of anilines is 3. The van der Waals surface area contributed by atoms with Gasteiger partial charge >= 0.3 is 6.03 Å². The van der Waals surface area contributed by atoms with Crippen molar-refractivity contribution in [3.8, 4) is 11.5 Å². The van der Waals surface area contributed by atoms with Gasteiger partial charge in [-0.1, -0.05) is 30.3 Å². The molecule has 6 aromatic rings. The maximum atomic E-state index is 13.0. The van der Waals surface area contributed by atoms with Crippen LogP contribution in [-0.4, -0.2) is 112 Å². The van der Waals surface area contributed by atoms with Crippen molar-refractivity contribution in [3.63, 3.8) is 0 Å². The average molecular weight is 828 g/mol. The summed E-state index contributed by atoms with van der Waals surface area (Å²) in [4.78, 5) is 30.5. The summed E-state index contributed by atoms with van der Waals surface area (Å²) in [7, 11) is -3.97. The smallest absolute Gasteiger partial charge is 0.319 e. The lowest BCUT2D eigenvalue weighted by Crippen LogP contribution is -2.40. The van der Waals surface area contributed by atoms with E-state index in [1.54, 1.807) is 30.3 Å². The van der Waals surface area contributed by atoms with Gasteiger partial charge in [0.15, 0.2) is 29.3 Å². The van der Waals surface area contributed by atoms with Gasteiger partial charge in [0.05, 0.1) is 17.8 Å². The van der Waals surface area contributed by atoms with Crippen LogP contribution in [0.5, 0.6) is 11.5 Å². The zero-order chi connectivity index (χ0) is 41.4. The molecular formula is C37H41N13O8S. The van der Waals surface area contributed by atoms with Crippen LogP contribution in [0.2, 0.25) is 0 Å². The van der Waals surface area contributed by atoms with Gasteiger partial charge < -0.3 is 46.0 Å². The van der Waals surface area contributed by atoms with Crippen molar-refractivity contribution in [1.29, 1.82) is 0 Å². The van der Waals surface area contributed by atoms with Crippen molar-refractivity contribution in [2.24, 2.45) is 5.14 Å².